The molecule has 0 aliphatic carbocycles. The van der Waals surface area contributed by atoms with Gasteiger partial charge in [0.25, 0.3) is 0 Å². The van der Waals surface area contributed by atoms with Gasteiger partial charge in [-0.05, 0) is 39.0 Å². The van der Waals surface area contributed by atoms with E-state index in [1.807, 2.05) is 32.0 Å². The van der Waals surface area contributed by atoms with Gasteiger partial charge in [-0.3, -0.25) is 0 Å². The Morgan fingerprint density at radius 2 is 1.57 bits per heavy atom. The molecule has 0 fully saturated rings. The first-order chi connectivity index (χ1) is 9.90. The minimum atomic E-state index is 0.0577. The molecule has 0 spiro atoms. The van der Waals surface area contributed by atoms with Crippen molar-refractivity contribution < 1.29 is 0 Å². The maximum Gasteiger partial charge on any atom is 0.178 e. The molecule has 5 heteroatoms. The largest absolute Gasteiger partial charge is 0.307 e. The molecule has 4 nitrogen and oxygen atoms in total. The first kappa shape index (κ1) is 13.9. The fraction of sp³-hybridized carbons (Fsp3) is 0.250. The molecule has 2 heterocycles. The molecule has 108 valence electrons. The minimum absolute atomic E-state index is 0.0577. The summed E-state index contributed by atoms with van der Waals surface area (Å²) in [5.74, 6) is 1.61. The fourth-order valence-corrected chi connectivity index (χ4v) is 2.97. The number of anilines is 2. The Bertz CT molecular complexity index is 768. The van der Waals surface area contributed by atoms with Crippen LogP contribution in [0.5, 0.6) is 0 Å². The number of rotatable bonds is 2. The Balaban J connectivity index is 2.30. The van der Waals surface area contributed by atoms with Gasteiger partial charge in [0, 0.05) is 16.4 Å². The van der Waals surface area contributed by atoms with Gasteiger partial charge in [-0.2, -0.15) is 0 Å². The van der Waals surface area contributed by atoms with E-state index in [9.17, 15) is 0 Å². The van der Waals surface area contributed by atoms with Crippen molar-refractivity contribution in [3.05, 3.63) is 47.8 Å². The zero-order valence-corrected chi connectivity index (χ0v) is 13.1. The highest BCUT2D eigenvalue weighted by atomic mass is 35.5. The van der Waals surface area contributed by atoms with E-state index < -0.39 is 0 Å². The quantitative estimate of drug-likeness (QED) is 0.826. The molecule has 0 saturated carbocycles. The van der Waals surface area contributed by atoms with Gasteiger partial charge < -0.3 is 9.80 Å². The monoisotopic (exact) mass is 300 g/mol. The third-order valence-electron chi connectivity index (χ3n) is 3.62. The number of allylic oxidation sites excluding steroid dienone is 2. The van der Waals surface area contributed by atoms with E-state index in [4.69, 9.17) is 21.6 Å². The van der Waals surface area contributed by atoms with Crippen LogP contribution in [0.15, 0.2) is 42.8 Å². The molecule has 1 unspecified atom stereocenters. The highest BCUT2D eigenvalue weighted by molar-refractivity contribution is 6.31. The van der Waals surface area contributed by atoms with E-state index >= 15 is 0 Å². The van der Waals surface area contributed by atoms with Gasteiger partial charge in [-0.1, -0.05) is 24.8 Å². The summed E-state index contributed by atoms with van der Waals surface area (Å²) in [7, 11) is 0. The van der Waals surface area contributed by atoms with Crippen LogP contribution in [0.25, 0.3) is 11.0 Å². The molecule has 1 aromatic heterocycles. The van der Waals surface area contributed by atoms with Gasteiger partial charge in [0.05, 0.1) is 11.0 Å². The smallest absolute Gasteiger partial charge is 0.178 e. The van der Waals surface area contributed by atoms with Gasteiger partial charge >= 0.3 is 0 Å². The van der Waals surface area contributed by atoms with Crippen molar-refractivity contribution in [1.29, 1.82) is 0 Å². The third-order valence-corrected chi connectivity index (χ3v) is 3.85. The first-order valence-electron chi connectivity index (χ1n) is 6.77. The number of fused-ring (bicyclic) bond motifs is 2. The number of hydrogen-bond donors (Lipinski definition) is 0. The molecular formula is C16H17ClN4. The molecule has 21 heavy (non-hydrogen) atoms. The van der Waals surface area contributed by atoms with Gasteiger partial charge in [0.15, 0.2) is 11.6 Å². The molecule has 1 aromatic carbocycles. The summed E-state index contributed by atoms with van der Waals surface area (Å²) in [6.07, 6.45) is 0.0577. The van der Waals surface area contributed by atoms with Crippen molar-refractivity contribution >= 4 is 34.3 Å². The standard InChI is InChI=1S/C16H17ClN4/c1-9(2)20-11(5)21(10(3)4)16-15(20)18-13-7-6-12(17)8-14(13)19-16/h6-8,11H,1,3H2,2,4-5H3. The number of halogens is 1. The summed E-state index contributed by atoms with van der Waals surface area (Å²) in [4.78, 5) is 13.6. The second-order valence-electron chi connectivity index (χ2n) is 5.35. The van der Waals surface area contributed by atoms with Crippen LogP contribution in [0.1, 0.15) is 20.8 Å². The van der Waals surface area contributed by atoms with Crippen molar-refractivity contribution in [1.82, 2.24) is 9.97 Å². The molecule has 0 bridgehead atoms. The fourth-order valence-electron chi connectivity index (χ4n) is 2.80. The number of hydrogen-bond acceptors (Lipinski definition) is 4. The number of benzene rings is 1. The lowest BCUT2D eigenvalue weighted by Gasteiger charge is -2.29. The number of aromatic nitrogens is 2. The molecule has 3 rings (SSSR count). The van der Waals surface area contributed by atoms with Crippen LogP contribution < -0.4 is 9.80 Å². The van der Waals surface area contributed by atoms with E-state index in [2.05, 4.69) is 29.9 Å². The van der Waals surface area contributed by atoms with Crippen LogP contribution >= 0.6 is 11.6 Å². The highest BCUT2D eigenvalue weighted by Gasteiger charge is 2.36. The Labute approximate surface area is 129 Å². The van der Waals surface area contributed by atoms with Gasteiger partial charge in [-0.15, -0.1) is 0 Å². The second kappa shape index (κ2) is 4.74. The SMILES string of the molecule is C=C(C)N1c2nc3ccc(Cl)cc3nc2N(C(=C)C)C1C. The Kier molecular flexibility index (Phi) is 3.14. The molecule has 1 aliphatic rings. The molecule has 0 radical (unpaired) electrons. The van der Waals surface area contributed by atoms with Gasteiger partial charge in [-0.25, -0.2) is 9.97 Å². The maximum absolute atomic E-state index is 6.05. The molecule has 0 saturated heterocycles. The summed E-state index contributed by atoms with van der Waals surface area (Å²) in [5, 5.41) is 0.654. The Morgan fingerprint density at radius 1 is 1.05 bits per heavy atom. The third kappa shape index (κ3) is 2.07. The van der Waals surface area contributed by atoms with E-state index in [-0.39, 0.29) is 6.17 Å². The summed E-state index contributed by atoms with van der Waals surface area (Å²) in [5.41, 5.74) is 3.45. The lowest BCUT2D eigenvalue weighted by atomic mass is 10.3. The lowest BCUT2D eigenvalue weighted by molar-refractivity contribution is 0.706. The molecular weight excluding hydrogens is 284 g/mol. The van der Waals surface area contributed by atoms with Crippen LogP contribution in [0, 0.1) is 0 Å². The maximum atomic E-state index is 6.05. The van der Waals surface area contributed by atoms with Crippen LogP contribution in [0.3, 0.4) is 0 Å². The van der Waals surface area contributed by atoms with Crippen molar-refractivity contribution in [2.24, 2.45) is 0 Å². The summed E-state index contributed by atoms with van der Waals surface area (Å²) >= 11 is 6.05. The average Bonchev–Trinajstić information content (AvgIpc) is 2.67. The summed E-state index contributed by atoms with van der Waals surface area (Å²) < 4.78 is 0. The average molecular weight is 301 g/mol. The van der Waals surface area contributed by atoms with Crippen LogP contribution in [-0.2, 0) is 0 Å². The summed E-state index contributed by atoms with van der Waals surface area (Å²) in [6.45, 7) is 14.1. The van der Waals surface area contributed by atoms with Crippen LogP contribution in [0.4, 0.5) is 11.6 Å². The van der Waals surface area contributed by atoms with Gasteiger partial charge in [0.2, 0.25) is 0 Å². The van der Waals surface area contributed by atoms with Crippen molar-refractivity contribution in [3.63, 3.8) is 0 Å². The predicted octanol–water partition coefficient (Wildman–Crippen LogP) is 4.32. The van der Waals surface area contributed by atoms with Crippen molar-refractivity contribution in [3.8, 4) is 0 Å². The zero-order valence-electron chi connectivity index (χ0n) is 12.4. The normalized spacial score (nSPS) is 17.2. The van der Waals surface area contributed by atoms with Crippen LogP contribution in [0.2, 0.25) is 5.02 Å². The molecule has 1 aliphatic heterocycles. The van der Waals surface area contributed by atoms with E-state index in [1.54, 1.807) is 0 Å². The van der Waals surface area contributed by atoms with E-state index in [0.717, 1.165) is 34.1 Å². The summed E-state index contributed by atoms with van der Waals surface area (Å²) in [6, 6.07) is 5.54. The van der Waals surface area contributed by atoms with Crippen molar-refractivity contribution in [2.75, 3.05) is 9.80 Å². The van der Waals surface area contributed by atoms with Crippen LogP contribution in [-0.4, -0.2) is 16.1 Å². The van der Waals surface area contributed by atoms with Crippen molar-refractivity contribution in [2.45, 2.75) is 26.9 Å². The highest BCUT2D eigenvalue weighted by Crippen LogP contribution is 2.41. The zero-order chi connectivity index (χ0) is 15.3. The topological polar surface area (TPSA) is 32.3 Å². The molecule has 0 amide bonds. The minimum Gasteiger partial charge on any atom is -0.307 e. The Morgan fingerprint density at radius 3 is 2.10 bits per heavy atom. The van der Waals surface area contributed by atoms with Gasteiger partial charge in [0.1, 0.15) is 6.17 Å². The number of nitrogens with zero attached hydrogens (tertiary/aromatic N) is 4. The first-order valence-corrected chi connectivity index (χ1v) is 7.14. The lowest BCUT2D eigenvalue weighted by Crippen LogP contribution is -2.38. The second-order valence-corrected chi connectivity index (χ2v) is 5.78. The molecule has 0 N–H and O–H groups in total. The molecule has 1 atom stereocenters. The Hall–Kier alpha value is -2.07. The predicted molar refractivity (Wildman–Crippen MR) is 88.6 cm³/mol. The molecule has 2 aromatic rings. The van der Waals surface area contributed by atoms with E-state index in [0.29, 0.717) is 5.02 Å². The van der Waals surface area contributed by atoms with E-state index in [1.165, 1.54) is 0 Å².